The van der Waals surface area contributed by atoms with E-state index in [0.717, 1.165) is 0 Å². The molecule has 0 N–H and O–H groups in total. The summed E-state index contributed by atoms with van der Waals surface area (Å²) < 4.78 is 3.31. The topological polar surface area (TPSA) is 3.24 Å². The molecule has 0 aromatic carbocycles. The third kappa shape index (κ3) is 8.66. The minimum atomic E-state index is -1.25. The van der Waals surface area contributed by atoms with Crippen molar-refractivity contribution in [3.05, 3.63) is 0 Å². The van der Waals surface area contributed by atoms with Gasteiger partial charge in [0.15, 0.2) is 0 Å². The van der Waals surface area contributed by atoms with Gasteiger partial charge in [0, 0.05) is 0 Å². The Balaban J connectivity index is 5.59. The number of unbranched alkanes of at least 4 members (excludes halogenated alkanes) is 3. The zero-order valence-corrected chi connectivity index (χ0v) is 20.3. The number of rotatable bonds is 17. The van der Waals surface area contributed by atoms with E-state index in [2.05, 4.69) is 45.8 Å². The summed E-state index contributed by atoms with van der Waals surface area (Å²) in [6.45, 7) is 15.9. The summed E-state index contributed by atoms with van der Waals surface area (Å²) in [6, 6.07) is 7.92. The largest absolute Gasteiger partial charge is 0.347 e. The predicted octanol–water partition coefficient (Wildman–Crippen LogP) is 7.59. The van der Waals surface area contributed by atoms with Gasteiger partial charge in [0.1, 0.15) is 17.2 Å². The zero-order valence-electron chi connectivity index (χ0n) is 18.1. The van der Waals surface area contributed by atoms with Crippen molar-refractivity contribution in [1.29, 1.82) is 0 Å². The Morgan fingerprint density at radius 3 is 1.29 bits per heavy atom. The van der Waals surface area contributed by atoms with Crippen LogP contribution in [0.2, 0.25) is 30.2 Å². The summed E-state index contributed by atoms with van der Waals surface area (Å²) in [5, 5.41) is 0. The van der Waals surface area contributed by atoms with Crippen molar-refractivity contribution in [3.8, 4) is 0 Å². The van der Waals surface area contributed by atoms with Crippen molar-refractivity contribution in [2.24, 2.45) is 0 Å². The second kappa shape index (κ2) is 15.6. The average Bonchev–Trinajstić information content (AvgIpc) is 2.59. The normalized spacial score (nSPS) is 12.5. The SMILES string of the molecule is CCCC[Si](CCCC)(CCCC)N(CCC)[SiH](CCC)CCC. The first-order valence-corrected chi connectivity index (χ1v) is 16.1. The molecule has 0 saturated heterocycles. The molecule has 146 valence electrons. The van der Waals surface area contributed by atoms with Crippen molar-refractivity contribution in [2.75, 3.05) is 6.54 Å². The van der Waals surface area contributed by atoms with Crippen LogP contribution in [0.3, 0.4) is 0 Å². The van der Waals surface area contributed by atoms with E-state index in [-0.39, 0.29) is 0 Å². The third-order valence-electron chi connectivity index (χ3n) is 5.75. The highest BCUT2D eigenvalue weighted by Crippen LogP contribution is 2.34. The van der Waals surface area contributed by atoms with E-state index in [1.807, 2.05) is 0 Å². The molecular formula is C21H49NSi2. The van der Waals surface area contributed by atoms with Crippen LogP contribution in [0.1, 0.15) is 99.3 Å². The lowest BCUT2D eigenvalue weighted by Crippen LogP contribution is -2.60. The van der Waals surface area contributed by atoms with E-state index in [4.69, 9.17) is 0 Å². The highest BCUT2D eigenvalue weighted by Gasteiger charge is 2.40. The molecule has 0 atom stereocenters. The summed E-state index contributed by atoms with van der Waals surface area (Å²) in [5.41, 5.74) is 0. The minimum Gasteiger partial charge on any atom is -0.347 e. The maximum absolute atomic E-state index is 3.31. The Morgan fingerprint density at radius 1 is 0.583 bits per heavy atom. The summed E-state index contributed by atoms with van der Waals surface area (Å²) in [5.74, 6) is 0. The van der Waals surface area contributed by atoms with Crippen LogP contribution in [0.15, 0.2) is 0 Å². The lowest BCUT2D eigenvalue weighted by molar-refractivity contribution is 0.563. The van der Waals surface area contributed by atoms with Crippen LogP contribution in [0.25, 0.3) is 0 Å². The maximum Gasteiger partial charge on any atom is 0.121 e. The molecule has 0 unspecified atom stereocenters. The Bertz CT molecular complexity index is 243. The van der Waals surface area contributed by atoms with Gasteiger partial charge in [0.25, 0.3) is 0 Å². The molecule has 0 heterocycles. The van der Waals surface area contributed by atoms with E-state index in [9.17, 15) is 0 Å². The molecule has 0 rings (SSSR count). The number of hydrogen-bond donors (Lipinski definition) is 0. The van der Waals surface area contributed by atoms with Crippen LogP contribution in [-0.2, 0) is 0 Å². The van der Waals surface area contributed by atoms with Gasteiger partial charge in [-0.1, -0.05) is 92.9 Å². The summed E-state index contributed by atoms with van der Waals surface area (Å²) in [4.78, 5) is 0. The van der Waals surface area contributed by atoms with Gasteiger partial charge in [-0.3, -0.25) is 0 Å². The van der Waals surface area contributed by atoms with Crippen molar-refractivity contribution >= 4 is 17.2 Å². The fourth-order valence-corrected chi connectivity index (χ4v) is 17.7. The van der Waals surface area contributed by atoms with Gasteiger partial charge in [-0.2, -0.15) is 0 Å². The fraction of sp³-hybridized carbons (Fsp3) is 1.00. The molecule has 0 aromatic rings. The molecule has 0 fully saturated rings. The Morgan fingerprint density at radius 2 is 1.00 bits per heavy atom. The van der Waals surface area contributed by atoms with Crippen LogP contribution in [0, 0.1) is 0 Å². The van der Waals surface area contributed by atoms with Gasteiger partial charge >= 0.3 is 0 Å². The Kier molecular flexibility index (Phi) is 15.9. The van der Waals surface area contributed by atoms with Crippen molar-refractivity contribution in [3.63, 3.8) is 0 Å². The molecule has 0 bridgehead atoms. The van der Waals surface area contributed by atoms with Gasteiger partial charge in [-0.05, 0) is 43.2 Å². The standard InChI is InChI=1S/C21H49NSi2/c1-7-13-19-24(20-14-8-2,21-15-9-3)22(16-10-4)23(17-11-5)18-12-6/h23H,7-21H2,1-6H3. The minimum absolute atomic E-state index is 0.724. The van der Waals surface area contributed by atoms with Crippen LogP contribution >= 0.6 is 0 Å². The molecule has 0 aliphatic rings. The second-order valence-corrected chi connectivity index (χ2v) is 16.1. The van der Waals surface area contributed by atoms with Crippen molar-refractivity contribution in [2.45, 2.75) is 130 Å². The van der Waals surface area contributed by atoms with Crippen LogP contribution in [0.4, 0.5) is 0 Å². The first-order valence-electron chi connectivity index (χ1n) is 11.4. The third-order valence-corrected chi connectivity index (χ3v) is 17.4. The highest BCUT2D eigenvalue weighted by atomic mass is 28.4. The van der Waals surface area contributed by atoms with Crippen LogP contribution < -0.4 is 0 Å². The molecule has 0 spiro atoms. The van der Waals surface area contributed by atoms with E-state index in [0.29, 0.717) is 0 Å². The average molecular weight is 372 g/mol. The van der Waals surface area contributed by atoms with Crippen molar-refractivity contribution in [1.82, 2.24) is 4.23 Å². The molecule has 0 aliphatic carbocycles. The lowest BCUT2D eigenvalue weighted by Gasteiger charge is -2.47. The first kappa shape index (κ1) is 24.4. The zero-order chi connectivity index (χ0) is 18.3. The van der Waals surface area contributed by atoms with Gasteiger partial charge in [0.05, 0.1) is 0 Å². The van der Waals surface area contributed by atoms with Gasteiger partial charge in [-0.15, -0.1) is 0 Å². The Hall–Kier alpha value is 0.394. The summed E-state index contributed by atoms with van der Waals surface area (Å²) in [7, 11) is -1.98. The lowest BCUT2D eigenvalue weighted by atomic mass is 10.4. The number of nitrogens with zero attached hydrogens (tertiary/aromatic N) is 1. The Labute approximate surface area is 157 Å². The molecule has 0 aliphatic heterocycles. The number of hydrogen-bond acceptors (Lipinski definition) is 1. The summed E-state index contributed by atoms with van der Waals surface area (Å²) in [6.07, 6.45) is 12.8. The van der Waals surface area contributed by atoms with E-state index >= 15 is 0 Å². The fourth-order valence-electron chi connectivity index (χ4n) is 4.49. The molecule has 0 radical (unpaired) electrons. The highest BCUT2D eigenvalue weighted by molar-refractivity contribution is 6.85. The smallest absolute Gasteiger partial charge is 0.121 e. The summed E-state index contributed by atoms with van der Waals surface area (Å²) >= 11 is 0. The molecule has 0 saturated carbocycles. The molecule has 24 heavy (non-hydrogen) atoms. The van der Waals surface area contributed by atoms with Crippen molar-refractivity contribution < 1.29 is 0 Å². The predicted molar refractivity (Wildman–Crippen MR) is 119 cm³/mol. The van der Waals surface area contributed by atoms with Gasteiger partial charge < -0.3 is 4.23 Å². The van der Waals surface area contributed by atoms with Gasteiger partial charge in [-0.25, -0.2) is 0 Å². The van der Waals surface area contributed by atoms with E-state index in [1.54, 1.807) is 30.2 Å². The van der Waals surface area contributed by atoms with Crippen LogP contribution in [-0.4, -0.2) is 28.0 Å². The maximum atomic E-state index is 3.31. The second-order valence-electron chi connectivity index (χ2n) is 7.96. The molecule has 1 nitrogen and oxygen atoms in total. The van der Waals surface area contributed by atoms with E-state index < -0.39 is 17.2 Å². The quantitative estimate of drug-likeness (QED) is 0.238. The molecule has 0 aromatic heterocycles. The van der Waals surface area contributed by atoms with Crippen LogP contribution in [0.5, 0.6) is 0 Å². The monoisotopic (exact) mass is 371 g/mol. The first-order chi connectivity index (χ1) is 11.7. The molecule has 0 amide bonds. The van der Waals surface area contributed by atoms with E-state index in [1.165, 1.54) is 64.3 Å². The van der Waals surface area contributed by atoms with Gasteiger partial charge in [0.2, 0.25) is 0 Å². The molecular weight excluding hydrogens is 322 g/mol. The molecule has 3 heteroatoms.